The number of alkyl carbamates (subject to hydrolysis) is 1. The van der Waals surface area contributed by atoms with Crippen molar-refractivity contribution in [1.29, 1.82) is 0 Å². The minimum atomic E-state index is -1.37. The Balaban J connectivity index is 2.07. The molecule has 9 nitrogen and oxygen atoms in total. The molecule has 0 bridgehead atoms. The van der Waals surface area contributed by atoms with E-state index in [2.05, 4.69) is 16.7 Å². The van der Waals surface area contributed by atoms with Crippen molar-refractivity contribution >= 4 is 35.2 Å². The number of carbonyl (C=O) groups excluding carboxylic acids is 3. The molecule has 0 spiro atoms. The third-order valence-electron chi connectivity index (χ3n) is 6.26. The molecule has 0 saturated carbocycles. The normalized spacial score (nSPS) is 12.4. The molecule has 3 aromatic rings. The topological polar surface area (TPSA) is 128 Å². The number of halogens is 1. The maximum atomic E-state index is 14.1. The number of phenols is 2. The van der Waals surface area contributed by atoms with Crippen molar-refractivity contribution in [3.63, 3.8) is 0 Å². The molecule has 3 rings (SSSR count). The molecular formula is C32H34ClN3O6. The van der Waals surface area contributed by atoms with E-state index in [-0.39, 0.29) is 17.9 Å². The first-order valence-corrected chi connectivity index (χ1v) is 13.5. The SMILES string of the molecule is C#CN(C(=O)C(Cc1ccc(O)cc1)NC(=O)OC(C)(C)C)C(C(=O)Nc1c(C)cccc1Cl)c1ccc(O)c(C)c1. The van der Waals surface area contributed by atoms with Gasteiger partial charge in [0.1, 0.15) is 29.2 Å². The molecule has 0 aromatic heterocycles. The number of nitrogens with zero attached hydrogens (tertiary/aromatic N) is 1. The lowest BCUT2D eigenvalue weighted by Crippen LogP contribution is -2.51. The van der Waals surface area contributed by atoms with E-state index in [1.54, 1.807) is 71.0 Å². The van der Waals surface area contributed by atoms with E-state index in [1.165, 1.54) is 24.3 Å². The first-order valence-electron chi connectivity index (χ1n) is 13.1. The number of terminal acetylenes is 1. The molecule has 2 atom stereocenters. The number of ether oxygens (including phenoxy) is 1. The summed E-state index contributed by atoms with van der Waals surface area (Å²) in [6, 6.07) is 15.3. The highest BCUT2D eigenvalue weighted by Crippen LogP contribution is 2.31. The molecule has 220 valence electrons. The first kappa shape index (κ1) is 31.8. The molecule has 3 aromatic carbocycles. The van der Waals surface area contributed by atoms with Crippen molar-refractivity contribution < 1.29 is 29.3 Å². The van der Waals surface area contributed by atoms with Gasteiger partial charge in [0.05, 0.1) is 10.7 Å². The van der Waals surface area contributed by atoms with E-state index < -0.39 is 35.6 Å². The zero-order valence-corrected chi connectivity index (χ0v) is 24.8. The van der Waals surface area contributed by atoms with E-state index in [0.29, 0.717) is 33.0 Å². The summed E-state index contributed by atoms with van der Waals surface area (Å²) < 4.78 is 5.38. The Kier molecular flexibility index (Phi) is 10.1. The van der Waals surface area contributed by atoms with Crippen molar-refractivity contribution in [2.75, 3.05) is 5.32 Å². The van der Waals surface area contributed by atoms with Crippen LogP contribution in [0.2, 0.25) is 5.02 Å². The Bertz CT molecular complexity index is 1490. The number of phenolic OH excluding ortho intramolecular Hbond substituents is 2. The van der Waals surface area contributed by atoms with Crippen LogP contribution in [-0.2, 0) is 20.7 Å². The highest BCUT2D eigenvalue weighted by Gasteiger charge is 2.36. The molecule has 4 N–H and O–H groups in total. The van der Waals surface area contributed by atoms with Crippen LogP contribution in [0.1, 0.15) is 49.1 Å². The number of rotatable bonds is 8. The van der Waals surface area contributed by atoms with Crippen LogP contribution in [0.25, 0.3) is 0 Å². The Labute approximate surface area is 250 Å². The smallest absolute Gasteiger partial charge is 0.408 e. The standard InChI is InChI=1S/C32H34ClN3O6/c1-7-36(30(40)25(34-31(41)42-32(4,5)6)18-21-11-14-23(37)15-12-21)28(22-13-16-26(38)20(3)17-22)29(39)35-27-19(2)9-8-10-24(27)33/h1,8-17,25,28,37-38H,18H2,2-6H3,(H,34,41)(H,35,39). The Morgan fingerprint density at radius 1 is 1.02 bits per heavy atom. The molecule has 42 heavy (non-hydrogen) atoms. The Morgan fingerprint density at radius 3 is 2.26 bits per heavy atom. The fourth-order valence-electron chi connectivity index (χ4n) is 4.20. The van der Waals surface area contributed by atoms with Crippen LogP contribution in [0.15, 0.2) is 60.7 Å². The highest BCUT2D eigenvalue weighted by molar-refractivity contribution is 6.34. The molecule has 2 unspecified atom stereocenters. The van der Waals surface area contributed by atoms with Crippen LogP contribution in [0.4, 0.5) is 10.5 Å². The first-order chi connectivity index (χ1) is 19.7. The van der Waals surface area contributed by atoms with E-state index in [9.17, 15) is 24.6 Å². The van der Waals surface area contributed by atoms with Gasteiger partial charge in [0, 0.05) is 12.5 Å². The van der Waals surface area contributed by atoms with Crippen LogP contribution < -0.4 is 10.6 Å². The summed E-state index contributed by atoms with van der Waals surface area (Å²) in [5.74, 6) is -1.40. The molecule has 10 heteroatoms. The quantitative estimate of drug-likeness (QED) is 0.199. The Morgan fingerprint density at radius 2 is 1.69 bits per heavy atom. The van der Waals surface area contributed by atoms with E-state index in [4.69, 9.17) is 22.8 Å². The number of carbonyl (C=O) groups is 3. The summed E-state index contributed by atoms with van der Waals surface area (Å²) in [6.07, 6.45) is 5.00. The summed E-state index contributed by atoms with van der Waals surface area (Å²) >= 11 is 6.36. The predicted molar refractivity (Wildman–Crippen MR) is 161 cm³/mol. The van der Waals surface area contributed by atoms with Crippen LogP contribution in [0.5, 0.6) is 11.5 Å². The monoisotopic (exact) mass is 591 g/mol. The van der Waals surface area contributed by atoms with Crippen molar-refractivity contribution in [2.45, 2.75) is 58.7 Å². The van der Waals surface area contributed by atoms with Gasteiger partial charge in [-0.2, -0.15) is 0 Å². The van der Waals surface area contributed by atoms with Crippen LogP contribution in [-0.4, -0.2) is 44.7 Å². The fourth-order valence-corrected chi connectivity index (χ4v) is 4.47. The number of amides is 3. The molecule has 0 aliphatic carbocycles. The molecule has 0 fully saturated rings. The summed E-state index contributed by atoms with van der Waals surface area (Å²) in [6.45, 7) is 8.46. The third kappa shape index (κ3) is 8.18. The lowest BCUT2D eigenvalue weighted by Gasteiger charge is -2.31. The molecule has 0 heterocycles. The van der Waals surface area contributed by atoms with Gasteiger partial charge >= 0.3 is 6.09 Å². The third-order valence-corrected chi connectivity index (χ3v) is 6.57. The number of para-hydroxylation sites is 1. The molecule has 0 aliphatic rings. The zero-order chi connectivity index (χ0) is 31.2. The number of hydrogen-bond acceptors (Lipinski definition) is 6. The van der Waals surface area contributed by atoms with Crippen molar-refractivity contribution in [3.8, 4) is 24.0 Å². The summed E-state index contributed by atoms with van der Waals surface area (Å²) in [5.41, 5.74) is 1.57. The maximum Gasteiger partial charge on any atom is 0.408 e. The summed E-state index contributed by atoms with van der Waals surface area (Å²) in [7, 11) is 0. The largest absolute Gasteiger partial charge is 0.508 e. The van der Waals surface area contributed by atoms with Crippen LogP contribution in [0.3, 0.4) is 0 Å². The van der Waals surface area contributed by atoms with E-state index >= 15 is 0 Å². The molecule has 0 saturated heterocycles. The van der Waals surface area contributed by atoms with Gasteiger partial charge < -0.3 is 25.6 Å². The maximum absolute atomic E-state index is 14.1. The van der Waals surface area contributed by atoms with Crippen LogP contribution in [0, 0.1) is 26.3 Å². The molecular weight excluding hydrogens is 558 g/mol. The summed E-state index contributed by atoms with van der Waals surface area (Å²) in [5, 5.41) is 25.5. The van der Waals surface area contributed by atoms with E-state index in [1.807, 2.05) is 0 Å². The van der Waals surface area contributed by atoms with Gasteiger partial charge in [-0.1, -0.05) is 48.4 Å². The number of benzene rings is 3. The van der Waals surface area contributed by atoms with Crippen LogP contribution >= 0.6 is 11.6 Å². The van der Waals surface area contributed by atoms with Gasteiger partial charge in [-0.05, 0) is 87.2 Å². The van der Waals surface area contributed by atoms with Gasteiger partial charge in [-0.15, -0.1) is 0 Å². The zero-order valence-electron chi connectivity index (χ0n) is 24.1. The number of aryl methyl sites for hydroxylation is 2. The second-order valence-corrected chi connectivity index (χ2v) is 11.2. The second-order valence-electron chi connectivity index (χ2n) is 10.8. The van der Waals surface area contributed by atoms with E-state index in [0.717, 1.165) is 4.90 Å². The fraction of sp³-hybridized carbons (Fsp3) is 0.281. The highest BCUT2D eigenvalue weighted by atomic mass is 35.5. The molecule has 0 aliphatic heterocycles. The number of nitrogens with one attached hydrogen (secondary N) is 2. The minimum Gasteiger partial charge on any atom is -0.508 e. The molecule has 0 radical (unpaired) electrons. The number of aromatic hydroxyl groups is 2. The number of hydrogen-bond donors (Lipinski definition) is 4. The average molecular weight is 592 g/mol. The lowest BCUT2D eigenvalue weighted by atomic mass is 9.99. The Hall–Kier alpha value is -4.68. The summed E-state index contributed by atoms with van der Waals surface area (Å²) in [4.78, 5) is 41.7. The van der Waals surface area contributed by atoms with Crippen molar-refractivity contribution in [1.82, 2.24) is 10.2 Å². The molecule has 3 amide bonds. The second kappa shape index (κ2) is 13.3. The lowest BCUT2D eigenvalue weighted by molar-refractivity contribution is -0.136. The van der Waals surface area contributed by atoms with Crippen molar-refractivity contribution in [3.05, 3.63) is 87.9 Å². The number of anilines is 1. The predicted octanol–water partition coefficient (Wildman–Crippen LogP) is 5.60. The van der Waals surface area contributed by atoms with Gasteiger partial charge in [0.25, 0.3) is 11.8 Å². The minimum absolute atomic E-state index is 0.00441. The van der Waals surface area contributed by atoms with Gasteiger partial charge in [0.15, 0.2) is 0 Å². The van der Waals surface area contributed by atoms with Gasteiger partial charge in [0.2, 0.25) is 0 Å². The van der Waals surface area contributed by atoms with Gasteiger partial charge in [-0.25, -0.2) is 4.79 Å². The van der Waals surface area contributed by atoms with Gasteiger partial charge in [-0.3, -0.25) is 14.5 Å². The average Bonchev–Trinajstić information content (AvgIpc) is 2.90. The van der Waals surface area contributed by atoms with Crippen molar-refractivity contribution in [2.24, 2.45) is 0 Å².